The highest BCUT2D eigenvalue weighted by molar-refractivity contribution is 5.67. The third-order valence-electron chi connectivity index (χ3n) is 4.36. The van der Waals surface area contributed by atoms with E-state index >= 15 is 0 Å². The highest BCUT2D eigenvalue weighted by Gasteiger charge is 2.30. The second-order valence-corrected chi connectivity index (χ2v) is 5.92. The van der Waals surface area contributed by atoms with Gasteiger partial charge in [0.1, 0.15) is 0 Å². The van der Waals surface area contributed by atoms with E-state index in [0.717, 1.165) is 29.5 Å². The molecule has 0 radical (unpaired) electrons. The van der Waals surface area contributed by atoms with Crippen LogP contribution in [0.5, 0.6) is 0 Å². The number of benzene rings is 1. The normalized spacial score (nSPS) is 17.0. The summed E-state index contributed by atoms with van der Waals surface area (Å²) in [4.78, 5) is 21.3. The number of hydrogen-bond acceptors (Lipinski definition) is 5. The maximum absolute atomic E-state index is 11.4. The predicted octanol–water partition coefficient (Wildman–Crippen LogP) is 3.61. The van der Waals surface area contributed by atoms with Gasteiger partial charge in [0.05, 0.1) is 6.04 Å². The van der Waals surface area contributed by atoms with Gasteiger partial charge in [0.15, 0.2) is 0 Å². The van der Waals surface area contributed by atoms with Gasteiger partial charge in [-0.15, -0.1) is 0 Å². The summed E-state index contributed by atoms with van der Waals surface area (Å²) in [5, 5.41) is 13.3. The van der Waals surface area contributed by atoms with Gasteiger partial charge in [-0.25, -0.2) is 4.79 Å². The number of rotatable bonds is 3. The number of nitrogens with zero attached hydrogens (tertiary/aromatic N) is 4. The van der Waals surface area contributed by atoms with Crippen molar-refractivity contribution in [1.29, 1.82) is 0 Å². The number of likely N-dealkylation sites (tertiary alicyclic amines) is 1. The summed E-state index contributed by atoms with van der Waals surface area (Å²) >= 11 is 0. The highest BCUT2D eigenvalue weighted by Crippen LogP contribution is 2.33. The van der Waals surface area contributed by atoms with E-state index in [9.17, 15) is 9.90 Å². The number of pyridine rings is 1. The molecule has 1 saturated heterocycles. The van der Waals surface area contributed by atoms with E-state index in [1.54, 1.807) is 12.4 Å². The van der Waals surface area contributed by atoms with Gasteiger partial charge in [-0.2, -0.15) is 4.98 Å². The molecule has 0 spiro atoms. The topological polar surface area (TPSA) is 92.3 Å². The van der Waals surface area contributed by atoms with Crippen LogP contribution in [0.4, 0.5) is 4.79 Å². The average molecular weight is 336 g/mol. The fraction of sp³-hybridized carbons (Fsp3) is 0.222. The first-order valence-electron chi connectivity index (χ1n) is 8.06. The number of aromatic nitrogens is 3. The summed E-state index contributed by atoms with van der Waals surface area (Å²) < 4.78 is 5.38. The first-order chi connectivity index (χ1) is 12.2. The van der Waals surface area contributed by atoms with Crippen molar-refractivity contribution in [1.82, 2.24) is 20.0 Å². The number of carbonyl (C=O) groups is 1. The van der Waals surface area contributed by atoms with Crippen molar-refractivity contribution < 1.29 is 14.4 Å². The maximum Gasteiger partial charge on any atom is 0.407 e. The largest absolute Gasteiger partial charge is 0.465 e. The molecule has 1 atom stereocenters. The molecule has 4 rings (SSSR count). The van der Waals surface area contributed by atoms with Gasteiger partial charge in [0.25, 0.3) is 5.89 Å². The summed E-state index contributed by atoms with van der Waals surface area (Å²) in [6.45, 7) is 0.565. The van der Waals surface area contributed by atoms with Crippen LogP contribution in [0.25, 0.3) is 22.8 Å². The van der Waals surface area contributed by atoms with E-state index < -0.39 is 6.09 Å². The van der Waals surface area contributed by atoms with Crippen LogP contribution in [0.3, 0.4) is 0 Å². The minimum Gasteiger partial charge on any atom is -0.465 e. The maximum atomic E-state index is 11.4. The molecule has 1 N–H and O–H groups in total. The van der Waals surface area contributed by atoms with Crippen molar-refractivity contribution in [3.63, 3.8) is 0 Å². The van der Waals surface area contributed by atoms with Gasteiger partial charge in [0.2, 0.25) is 5.82 Å². The molecule has 7 nitrogen and oxygen atoms in total. The van der Waals surface area contributed by atoms with Crippen LogP contribution < -0.4 is 0 Å². The molecule has 0 unspecified atom stereocenters. The Balaban J connectivity index is 1.64. The molecule has 0 bridgehead atoms. The van der Waals surface area contributed by atoms with E-state index in [4.69, 9.17) is 4.52 Å². The first kappa shape index (κ1) is 15.3. The SMILES string of the molecule is O=C(O)N1CCC[C@@H]1c1cccc(-c2nc(-c3cccnc3)no2)c1. The van der Waals surface area contributed by atoms with Crippen LogP contribution in [-0.4, -0.2) is 37.8 Å². The Morgan fingerprint density at radius 2 is 2.12 bits per heavy atom. The summed E-state index contributed by atoms with van der Waals surface area (Å²) in [5.41, 5.74) is 2.50. The Labute approximate surface area is 143 Å². The molecule has 1 aliphatic rings. The minimum absolute atomic E-state index is 0.127. The van der Waals surface area contributed by atoms with Crippen molar-refractivity contribution in [2.45, 2.75) is 18.9 Å². The standard InChI is InChI=1S/C18H16N4O3/c23-18(24)22-9-3-7-15(22)12-4-1-5-13(10-12)17-20-16(21-25-17)14-6-2-8-19-11-14/h1-2,4-6,8,10-11,15H,3,7,9H2,(H,23,24)/t15-/m1/s1. The van der Waals surface area contributed by atoms with Crippen molar-refractivity contribution in [3.05, 3.63) is 54.4 Å². The summed E-state index contributed by atoms with van der Waals surface area (Å²) in [5.74, 6) is 0.877. The van der Waals surface area contributed by atoms with Crippen LogP contribution in [0.15, 0.2) is 53.3 Å². The van der Waals surface area contributed by atoms with Crippen molar-refractivity contribution in [2.75, 3.05) is 6.54 Å². The number of hydrogen-bond donors (Lipinski definition) is 1. The van der Waals surface area contributed by atoms with Crippen molar-refractivity contribution in [2.24, 2.45) is 0 Å². The lowest BCUT2D eigenvalue weighted by Gasteiger charge is -2.22. The zero-order chi connectivity index (χ0) is 17.2. The minimum atomic E-state index is -0.885. The van der Waals surface area contributed by atoms with Gasteiger partial charge >= 0.3 is 6.09 Å². The molecule has 3 aromatic rings. The van der Waals surface area contributed by atoms with E-state index in [1.807, 2.05) is 36.4 Å². The Bertz CT molecular complexity index is 894. The van der Waals surface area contributed by atoms with Crippen LogP contribution in [0.1, 0.15) is 24.4 Å². The fourth-order valence-corrected chi connectivity index (χ4v) is 3.17. The summed E-state index contributed by atoms with van der Waals surface area (Å²) in [6, 6.07) is 11.2. The number of amides is 1. The molecule has 0 saturated carbocycles. The zero-order valence-corrected chi connectivity index (χ0v) is 13.4. The predicted molar refractivity (Wildman–Crippen MR) is 89.7 cm³/mol. The molecule has 126 valence electrons. The van der Waals surface area contributed by atoms with E-state index in [1.165, 1.54) is 4.90 Å². The van der Waals surface area contributed by atoms with Gasteiger partial charge in [-0.3, -0.25) is 4.98 Å². The lowest BCUT2D eigenvalue weighted by Crippen LogP contribution is -2.28. The van der Waals surface area contributed by atoms with Crippen molar-refractivity contribution in [3.8, 4) is 22.8 Å². The second kappa shape index (κ2) is 6.35. The van der Waals surface area contributed by atoms with Gasteiger partial charge in [-0.1, -0.05) is 17.3 Å². The Morgan fingerprint density at radius 1 is 1.24 bits per heavy atom. The molecular weight excluding hydrogens is 320 g/mol. The van der Waals surface area contributed by atoms with E-state index in [-0.39, 0.29) is 6.04 Å². The quantitative estimate of drug-likeness (QED) is 0.785. The smallest absolute Gasteiger partial charge is 0.407 e. The lowest BCUT2D eigenvalue weighted by molar-refractivity contribution is 0.140. The Kier molecular flexibility index (Phi) is 3.89. The molecule has 1 aliphatic heterocycles. The molecule has 7 heteroatoms. The van der Waals surface area contributed by atoms with E-state index in [0.29, 0.717) is 18.3 Å². The monoisotopic (exact) mass is 336 g/mol. The van der Waals surface area contributed by atoms with Crippen LogP contribution in [0.2, 0.25) is 0 Å². The van der Waals surface area contributed by atoms with E-state index in [2.05, 4.69) is 15.1 Å². The van der Waals surface area contributed by atoms with Gasteiger partial charge in [-0.05, 0) is 42.7 Å². The Morgan fingerprint density at radius 3 is 2.92 bits per heavy atom. The molecule has 1 fully saturated rings. The molecule has 0 aliphatic carbocycles. The Hall–Kier alpha value is -3.22. The van der Waals surface area contributed by atoms with Gasteiger partial charge in [0, 0.05) is 30.1 Å². The fourth-order valence-electron chi connectivity index (χ4n) is 3.17. The highest BCUT2D eigenvalue weighted by atomic mass is 16.5. The molecule has 1 amide bonds. The number of carboxylic acid groups (broad SMARTS) is 1. The van der Waals surface area contributed by atoms with Gasteiger partial charge < -0.3 is 14.5 Å². The molecular formula is C18H16N4O3. The van der Waals surface area contributed by atoms with Crippen LogP contribution >= 0.6 is 0 Å². The van der Waals surface area contributed by atoms with Crippen LogP contribution in [-0.2, 0) is 0 Å². The summed E-state index contributed by atoms with van der Waals surface area (Å²) in [7, 11) is 0. The third kappa shape index (κ3) is 2.96. The molecule has 2 aromatic heterocycles. The average Bonchev–Trinajstić information content (AvgIpc) is 3.32. The lowest BCUT2D eigenvalue weighted by atomic mass is 10.0. The molecule has 3 heterocycles. The first-order valence-corrected chi connectivity index (χ1v) is 8.06. The second-order valence-electron chi connectivity index (χ2n) is 5.92. The summed E-state index contributed by atoms with van der Waals surface area (Å²) in [6.07, 6.45) is 4.16. The van der Waals surface area contributed by atoms with Crippen molar-refractivity contribution >= 4 is 6.09 Å². The zero-order valence-electron chi connectivity index (χ0n) is 13.4. The molecule has 1 aromatic carbocycles. The molecule has 25 heavy (non-hydrogen) atoms. The van der Waals surface area contributed by atoms with Crippen LogP contribution in [0, 0.1) is 0 Å². The third-order valence-corrected chi connectivity index (χ3v) is 4.36.